The largest absolute Gasteiger partial charge is 0.497 e. The highest BCUT2D eigenvalue weighted by atomic mass is 16.5. The maximum Gasteiger partial charge on any atom is 0.244 e. The SMILES string of the molecule is COc1ccc([C@@H](NC(=O)/C=C/c2cc(OC)ccc2OC)C(C)C)cc1. The van der Waals surface area contributed by atoms with Crippen LogP contribution < -0.4 is 19.5 Å². The van der Waals surface area contributed by atoms with E-state index in [9.17, 15) is 4.79 Å². The summed E-state index contributed by atoms with van der Waals surface area (Å²) in [5, 5.41) is 3.07. The summed E-state index contributed by atoms with van der Waals surface area (Å²) in [5.74, 6) is 2.23. The molecule has 27 heavy (non-hydrogen) atoms. The van der Waals surface area contributed by atoms with Gasteiger partial charge in [-0.3, -0.25) is 4.79 Å². The van der Waals surface area contributed by atoms with Crippen LogP contribution in [-0.4, -0.2) is 27.2 Å². The third-order valence-corrected chi connectivity index (χ3v) is 4.29. The fraction of sp³-hybridized carbons (Fsp3) is 0.318. The normalized spacial score (nSPS) is 12.1. The maximum absolute atomic E-state index is 12.5. The van der Waals surface area contributed by atoms with Crippen molar-refractivity contribution >= 4 is 12.0 Å². The average Bonchev–Trinajstić information content (AvgIpc) is 2.70. The van der Waals surface area contributed by atoms with E-state index in [1.165, 1.54) is 6.08 Å². The van der Waals surface area contributed by atoms with Crippen molar-refractivity contribution in [2.24, 2.45) is 5.92 Å². The Kier molecular flexibility index (Phi) is 7.29. The van der Waals surface area contributed by atoms with E-state index in [4.69, 9.17) is 14.2 Å². The smallest absolute Gasteiger partial charge is 0.244 e. The van der Waals surface area contributed by atoms with E-state index in [1.54, 1.807) is 27.4 Å². The van der Waals surface area contributed by atoms with Crippen molar-refractivity contribution in [3.05, 3.63) is 59.7 Å². The first-order valence-electron chi connectivity index (χ1n) is 8.83. The lowest BCUT2D eigenvalue weighted by atomic mass is 9.96. The Balaban J connectivity index is 2.15. The molecule has 5 nitrogen and oxygen atoms in total. The van der Waals surface area contributed by atoms with Gasteiger partial charge in [0.25, 0.3) is 0 Å². The third kappa shape index (κ3) is 5.51. The Morgan fingerprint density at radius 1 is 0.926 bits per heavy atom. The van der Waals surface area contributed by atoms with Gasteiger partial charge in [-0.2, -0.15) is 0 Å². The van der Waals surface area contributed by atoms with Gasteiger partial charge in [-0.05, 0) is 47.9 Å². The van der Waals surface area contributed by atoms with Crippen LogP contribution in [0, 0.1) is 5.92 Å². The minimum Gasteiger partial charge on any atom is -0.497 e. The van der Waals surface area contributed by atoms with E-state index in [2.05, 4.69) is 19.2 Å². The molecule has 0 bridgehead atoms. The van der Waals surface area contributed by atoms with Gasteiger partial charge in [0.1, 0.15) is 17.2 Å². The Morgan fingerprint density at radius 2 is 1.56 bits per heavy atom. The first kappa shape index (κ1) is 20.4. The van der Waals surface area contributed by atoms with Crippen molar-refractivity contribution in [1.29, 1.82) is 0 Å². The van der Waals surface area contributed by atoms with Gasteiger partial charge in [0, 0.05) is 11.6 Å². The van der Waals surface area contributed by atoms with Crippen molar-refractivity contribution in [2.45, 2.75) is 19.9 Å². The van der Waals surface area contributed by atoms with E-state index < -0.39 is 0 Å². The molecule has 144 valence electrons. The van der Waals surface area contributed by atoms with Gasteiger partial charge in [-0.25, -0.2) is 0 Å². The lowest BCUT2D eigenvalue weighted by Gasteiger charge is -2.22. The number of carbonyl (C=O) groups excluding carboxylic acids is 1. The van der Waals surface area contributed by atoms with Gasteiger partial charge in [0.15, 0.2) is 0 Å². The molecule has 0 saturated carbocycles. The van der Waals surface area contributed by atoms with Gasteiger partial charge in [0.05, 0.1) is 27.4 Å². The van der Waals surface area contributed by atoms with Crippen molar-refractivity contribution in [1.82, 2.24) is 5.32 Å². The number of benzene rings is 2. The quantitative estimate of drug-likeness (QED) is 0.707. The summed E-state index contributed by atoms with van der Waals surface area (Å²) in [5.41, 5.74) is 1.81. The Hall–Kier alpha value is -2.95. The van der Waals surface area contributed by atoms with Crippen molar-refractivity contribution in [2.75, 3.05) is 21.3 Å². The molecule has 0 saturated heterocycles. The Morgan fingerprint density at radius 3 is 2.11 bits per heavy atom. The highest BCUT2D eigenvalue weighted by molar-refractivity contribution is 5.92. The second-order valence-corrected chi connectivity index (χ2v) is 6.44. The van der Waals surface area contributed by atoms with Gasteiger partial charge in [-0.15, -0.1) is 0 Å². The predicted molar refractivity (Wildman–Crippen MR) is 107 cm³/mol. The zero-order chi connectivity index (χ0) is 19.8. The Bertz CT molecular complexity index is 781. The molecule has 0 aromatic heterocycles. The molecular weight excluding hydrogens is 342 g/mol. The molecule has 0 unspecified atom stereocenters. The van der Waals surface area contributed by atoms with Crippen LogP contribution in [0.15, 0.2) is 48.5 Å². The summed E-state index contributed by atoms with van der Waals surface area (Å²) in [6.45, 7) is 4.15. The topological polar surface area (TPSA) is 56.8 Å². The molecule has 0 aliphatic rings. The highest BCUT2D eigenvalue weighted by Gasteiger charge is 2.17. The molecule has 0 aliphatic carbocycles. The van der Waals surface area contributed by atoms with Crippen LogP contribution in [0.25, 0.3) is 6.08 Å². The van der Waals surface area contributed by atoms with Gasteiger partial charge < -0.3 is 19.5 Å². The number of methoxy groups -OCH3 is 3. The lowest BCUT2D eigenvalue weighted by Crippen LogP contribution is -2.30. The monoisotopic (exact) mass is 369 g/mol. The van der Waals surface area contributed by atoms with E-state index in [0.717, 1.165) is 16.9 Å². The number of hydrogen-bond donors (Lipinski definition) is 1. The third-order valence-electron chi connectivity index (χ3n) is 4.29. The molecule has 2 rings (SSSR count). The lowest BCUT2D eigenvalue weighted by molar-refractivity contribution is -0.117. The minimum atomic E-state index is -0.172. The molecule has 2 aromatic carbocycles. The number of ether oxygens (including phenoxy) is 3. The van der Waals surface area contributed by atoms with E-state index in [0.29, 0.717) is 11.5 Å². The summed E-state index contributed by atoms with van der Waals surface area (Å²) in [7, 11) is 4.83. The summed E-state index contributed by atoms with van der Waals surface area (Å²) >= 11 is 0. The Labute approximate surface area is 161 Å². The average molecular weight is 369 g/mol. The van der Waals surface area contributed by atoms with Crippen molar-refractivity contribution in [3.8, 4) is 17.2 Å². The van der Waals surface area contributed by atoms with Crippen LogP contribution in [0.2, 0.25) is 0 Å². The van der Waals surface area contributed by atoms with Crippen molar-refractivity contribution < 1.29 is 19.0 Å². The number of rotatable bonds is 8. The first-order chi connectivity index (χ1) is 13.0. The predicted octanol–water partition coefficient (Wildman–Crippen LogP) is 4.24. The zero-order valence-electron chi connectivity index (χ0n) is 16.5. The van der Waals surface area contributed by atoms with E-state index in [1.807, 2.05) is 42.5 Å². The summed E-state index contributed by atoms with van der Waals surface area (Å²) in [4.78, 5) is 12.5. The zero-order valence-corrected chi connectivity index (χ0v) is 16.5. The van der Waals surface area contributed by atoms with Crippen molar-refractivity contribution in [3.63, 3.8) is 0 Å². The molecule has 1 atom stereocenters. The highest BCUT2D eigenvalue weighted by Crippen LogP contribution is 2.26. The fourth-order valence-corrected chi connectivity index (χ4v) is 2.78. The molecule has 0 heterocycles. The second-order valence-electron chi connectivity index (χ2n) is 6.44. The molecule has 2 aromatic rings. The van der Waals surface area contributed by atoms with Crippen LogP contribution in [0.1, 0.15) is 31.0 Å². The maximum atomic E-state index is 12.5. The molecule has 0 fully saturated rings. The summed E-state index contributed by atoms with van der Waals surface area (Å²) < 4.78 is 15.8. The number of hydrogen-bond acceptors (Lipinski definition) is 4. The molecule has 0 aliphatic heterocycles. The number of amides is 1. The van der Waals surface area contributed by atoms with Crippen LogP contribution in [0.3, 0.4) is 0 Å². The minimum absolute atomic E-state index is 0.0970. The van der Waals surface area contributed by atoms with Gasteiger partial charge in [0.2, 0.25) is 5.91 Å². The van der Waals surface area contributed by atoms with Gasteiger partial charge >= 0.3 is 0 Å². The molecule has 1 N–H and O–H groups in total. The van der Waals surface area contributed by atoms with E-state index in [-0.39, 0.29) is 17.9 Å². The summed E-state index contributed by atoms with van der Waals surface area (Å²) in [6, 6.07) is 13.1. The van der Waals surface area contributed by atoms with Crippen LogP contribution >= 0.6 is 0 Å². The molecule has 5 heteroatoms. The molecule has 1 amide bonds. The molecular formula is C22H27NO4. The molecule has 0 radical (unpaired) electrons. The standard InChI is InChI=1S/C22H27NO4/c1-15(2)22(16-6-9-18(25-3)10-7-16)23-21(24)13-8-17-14-19(26-4)11-12-20(17)27-5/h6-15,22H,1-5H3,(H,23,24)/b13-8+/t22-/m0/s1. The summed E-state index contributed by atoms with van der Waals surface area (Å²) in [6.07, 6.45) is 3.23. The van der Waals surface area contributed by atoms with Crippen LogP contribution in [-0.2, 0) is 4.79 Å². The number of carbonyl (C=O) groups is 1. The fourth-order valence-electron chi connectivity index (χ4n) is 2.78. The first-order valence-corrected chi connectivity index (χ1v) is 8.83. The molecule has 0 spiro atoms. The van der Waals surface area contributed by atoms with E-state index >= 15 is 0 Å². The van der Waals surface area contributed by atoms with Crippen LogP contribution in [0.5, 0.6) is 17.2 Å². The number of nitrogens with one attached hydrogen (secondary N) is 1. The van der Waals surface area contributed by atoms with Crippen LogP contribution in [0.4, 0.5) is 0 Å². The van der Waals surface area contributed by atoms with Gasteiger partial charge in [-0.1, -0.05) is 26.0 Å². The second kappa shape index (κ2) is 9.67.